The number of likely N-dealkylation sites (N-methyl/N-ethyl adjacent to an activating group) is 1. The molecule has 0 saturated heterocycles. The van der Waals surface area contributed by atoms with Crippen molar-refractivity contribution < 1.29 is 4.74 Å². The van der Waals surface area contributed by atoms with Crippen LogP contribution < -0.4 is 10.1 Å². The molecule has 0 radical (unpaired) electrons. The van der Waals surface area contributed by atoms with Crippen LogP contribution in [0.4, 0.5) is 0 Å². The number of nitrogens with one attached hydrogen (secondary N) is 1. The smallest absolute Gasteiger partial charge is 0.212 e. The molecule has 3 heteroatoms. The highest BCUT2D eigenvalue weighted by atomic mass is 16.5. The summed E-state index contributed by atoms with van der Waals surface area (Å²) in [5, 5.41) is 3.55. The lowest BCUT2D eigenvalue weighted by Gasteiger charge is -2.23. The summed E-state index contributed by atoms with van der Waals surface area (Å²) in [6.07, 6.45) is 4.13. The molecule has 0 aromatic carbocycles. The minimum Gasteiger partial charge on any atom is -0.481 e. The second-order valence-corrected chi connectivity index (χ2v) is 4.46. The van der Waals surface area contributed by atoms with E-state index in [1.807, 2.05) is 12.3 Å². The molecule has 0 amide bonds. The van der Waals surface area contributed by atoms with Crippen LogP contribution in [-0.4, -0.2) is 24.7 Å². The summed E-state index contributed by atoms with van der Waals surface area (Å²) in [7, 11) is 1.64. The summed E-state index contributed by atoms with van der Waals surface area (Å²) in [6.45, 7) is 7.70. The van der Waals surface area contributed by atoms with Gasteiger partial charge in [0.1, 0.15) is 0 Å². The molecule has 0 spiro atoms. The first-order chi connectivity index (χ1) is 8.21. The third-order valence-electron chi connectivity index (χ3n) is 3.26. The third kappa shape index (κ3) is 4.35. The van der Waals surface area contributed by atoms with E-state index in [-0.39, 0.29) is 0 Å². The van der Waals surface area contributed by atoms with E-state index in [0.29, 0.717) is 17.8 Å². The lowest BCUT2D eigenvalue weighted by molar-refractivity contribution is 0.369. The van der Waals surface area contributed by atoms with Gasteiger partial charge in [-0.05, 0) is 24.4 Å². The van der Waals surface area contributed by atoms with Crippen LogP contribution in [0.5, 0.6) is 5.88 Å². The van der Waals surface area contributed by atoms with E-state index in [2.05, 4.69) is 37.1 Å². The molecule has 0 fully saturated rings. The van der Waals surface area contributed by atoms with Gasteiger partial charge >= 0.3 is 0 Å². The van der Waals surface area contributed by atoms with Crippen molar-refractivity contribution in [2.24, 2.45) is 5.92 Å². The van der Waals surface area contributed by atoms with Crippen LogP contribution >= 0.6 is 0 Å². The van der Waals surface area contributed by atoms with E-state index >= 15 is 0 Å². The Bertz CT molecular complexity index is 311. The van der Waals surface area contributed by atoms with Gasteiger partial charge in [-0.25, -0.2) is 4.98 Å². The summed E-state index contributed by atoms with van der Waals surface area (Å²) in [4.78, 5) is 4.25. The van der Waals surface area contributed by atoms with E-state index in [4.69, 9.17) is 4.74 Å². The highest BCUT2D eigenvalue weighted by Gasteiger charge is 2.15. The molecule has 0 aliphatic carbocycles. The molecule has 3 nitrogen and oxygen atoms in total. The average Bonchev–Trinajstić information content (AvgIpc) is 2.38. The maximum atomic E-state index is 5.06. The van der Waals surface area contributed by atoms with Gasteiger partial charge in [0, 0.05) is 18.3 Å². The molecule has 1 aromatic rings. The zero-order valence-electron chi connectivity index (χ0n) is 11.4. The third-order valence-corrected chi connectivity index (χ3v) is 3.26. The number of hydrogen-bond donors (Lipinski definition) is 1. The van der Waals surface area contributed by atoms with E-state index in [9.17, 15) is 0 Å². The fourth-order valence-electron chi connectivity index (χ4n) is 1.93. The average molecular weight is 236 g/mol. The molecule has 1 aromatic heterocycles. The normalized spacial score (nSPS) is 14.4. The zero-order valence-corrected chi connectivity index (χ0v) is 11.4. The number of ether oxygens (including phenoxy) is 1. The fraction of sp³-hybridized carbons (Fsp3) is 0.643. The van der Waals surface area contributed by atoms with Gasteiger partial charge in [-0.15, -0.1) is 0 Å². The molecule has 1 N–H and O–H groups in total. The molecule has 1 heterocycles. The first kappa shape index (κ1) is 14.0. The molecule has 0 aliphatic heterocycles. The number of pyridine rings is 1. The van der Waals surface area contributed by atoms with Crippen LogP contribution in [0.25, 0.3) is 0 Å². The van der Waals surface area contributed by atoms with Gasteiger partial charge < -0.3 is 10.1 Å². The highest BCUT2D eigenvalue weighted by molar-refractivity contribution is 5.18. The SMILES string of the molecule is CCNC(Cc1ccc(OC)nc1)C(C)CC. The molecule has 0 bridgehead atoms. The topological polar surface area (TPSA) is 34.1 Å². The minimum absolute atomic E-state index is 0.528. The Balaban J connectivity index is 2.64. The Morgan fingerprint density at radius 2 is 2.12 bits per heavy atom. The van der Waals surface area contributed by atoms with Crippen molar-refractivity contribution in [1.82, 2.24) is 10.3 Å². The lowest BCUT2D eigenvalue weighted by Crippen LogP contribution is -2.36. The van der Waals surface area contributed by atoms with Crippen LogP contribution in [-0.2, 0) is 6.42 Å². The largest absolute Gasteiger partial charge is 0.481 e. The van der Waals surface area contributed by atoms with Crippen LogP contribution in [0, 0.1) is 5.92 Å². The molecule has 2 unspecified atom stereocenters. The van der Waals surface area contributed by atoms with Gasteiger partial charge in [-0.2, -0.15) is 0 Å². The first-order valence-corrected chi connectivity index (χ1v) is 6.43. The first-order valence-electron chi connectivity index (χ1n) is 6.43. The molecule has 96 valence electrons. The molecular weight excluding hydrogens is 212 g/mol. The van der Waals surface area contributed by atoms with Gasteiger partial charge in [0.2, 0.25) is 5.88 Å². The van der Waals surface area contributed by atoms with Gasteiger partial charge in [0.05, 0.1) is 7.11 Å². The maximum Gasteiger partial charge on any atom is 0.212 e. The predicted molar refractivity (Wildman–Crippen MR) is 71.4 cm³/mol. The van der Waals surface area contributed by atoms with Crippen molar-refractivity contribution in [3.63, 3.8) is 0 Å². The monoisotopic (exact) mass is 236 g/mol. The molecule has 17 heavy (non-hydrogen) atoms. The summed E-state index contributed by atoms with van der Waals surface area (Å²) in [5.74, 6) is 1.36. The number of nitrogens with zero attached hydrogens (tertiary/aromatic N) is 1. The van der Waals surface area contributed by atoms with Gasteiger partial charge in [0.15, 0.2) is 0 Å². The van der Waals surface area contributed by atoms with E-state index in [0.717, 1.165) is 13.0 Å². The summed E-state index contributed by atoms with van der Waals surface area (Å²) < 4.78 is 5.06. The summed E-state index contributed by atoms with van der Waals surface area (Å²) >= 11 is 0. The van der Waals surface area contributed by atoms with Crippen molar-refractivity contribution in [1.29, 1.82) is 0 Å². The fourth-order valence-corrected chi connectivity index (χ4v) is 1.93. The van der Waals surface area contributed by atoms with E-state index < -0.39 is 0 Å². The molecule has 0 aliphatic rings. The molecule has 0 saturated carbocycles. The number of methoxy groups -OCH3 is 1. The molecule has 1 rings (SSSR count). The van der Waals surface area contributed by atoms with E-state index in [1.54, 1.807) is 7.11 Å². The Labute approximate surface area is 105 Å². The number of hydrogen-bond acceptors (Lipinski definition) is 3. The highest BCUT2D eigenvalue weighted by Crippen LogP contribution is 2.14. The van der Waals surface area contributed by atoms with Crippen LogP contribution in [0.2, 0.25) is 0 Å². The zero-order chi connectivity index (χ0) is 12.7. The van der Waals surface area contributed by atoms with Gasteiger partial charge in [0.25, 0.3) is 0 Å². The number of aromatic nitrogens is 1. The molecule has 2 atom stereocenters. The van der Waals surface area contributed by atoms with Gasteiger partial charge in [-0.3, -0.25) is 0 Å². The maximum absolute atomic E-state index is 5.06. The van der Waals surface area contributed by atoms with Crippen molar-refractivity contribution in [2.45, 2.75) is 39.7 Å². The molecular formula is C14H24N2O. The van der Waals surface area contributed by atoms with Crippen molar-refractivity contribution >= 4 is 0 Å². The van der Waals surface area contributed by atoms with Crippen LogP contribution in [0.3, 0.4) is 0 Å². The Hall–Kier alpha value is -1.09. The minimum atomic E-state index is 0.528. The Morgan fingerprint density at radius 3 is 2.59 bits per heavy atom. The Kier molecular flexibility index (Phi) is 5.98. The van der Waals surface area contributed by atoms with Crippen molar-refractivity contribution in [3.8, 4) is 5.88 Å². The predicted octanol–water partition coefficient (Wildman–Crippen LogP) is 2.66. The quantitative estimate of drug-likeness (QED) is 0.790. The Morgan fingerprint density at radius 1 is 1.35 bits per heavy atom. The van der Waals surface area contributed by atoms with Gasteiger partial charge in [-0.1, -0.05) is 33.3 Å². The summed E-state index contributed by atoms with van der Waals surface area (Å²) in [6, 6.07) is 4.55. The number of rotatable bonds is 7. The standard InChI is InChI=1S/C14H24N2O/c1-5-11(3)13(15-6-2)9-12-7-8-14(17-4)16-10-12/h7-8,10-11,13,15H,5-6,9H2,1-4H3. The lowest BCUT2D eigenvalue weighted by atomic mass is 9.93. The van der Waals surface area contributed by atoms with Crippen molar-refractivity contribution in [2.75, 3.05) is 13.7 Å². The van der Waals surface area contributed by atoms with Crippen molar-refractivity contribution in [3.05, 3.63) is 23.9 Å². The second-order valence-electron chi connectivity index (χ2n) is 4.46. The van der Waals surface area contributed by atoms with E-state index in [1.165, 1.54) is 12.0 Å². The second kappa shape index (κ2) is 7.28. The summed E-state index contributed by atoms with van der Waals surface area (Å²) in [5.41, 5.74) is 1.26. The van der Waals surface area contributed by atoms with Crippen LogP contribution in [0.15, 0.2) is 18.3 Å². The van der Waals surface area contributed by atoms with Crippen LogP contribution in [0.1, 0.15) is 32.8 Å².